The minimum Gasteiger partial charge on any atom is -0.391 e. The number of anilines is 1. The maximum absolute atomic E-state index is 13.2. The Morgan fingerprint density at radius 1 is 1.23 bits per heavy atom. The Morgan fingerprint density at radius 2 is 1.94 bits per heavy atom. The molecule has 1 aliphatic heterocycles. The molecule has 31 heavy (non-hydrogen) atoms. The number of benzene rings is 1. The van der Waals surface area contributed by atoms with E-state index in [2.05, 4.69) is 15.4 Å². The first-order valence-corrected chi connectivity index (χ1v) is 11.2. The first-order valence-electron chi connectivity index (χ1n) is 10.4. The molecule has 2 N–H and O–H groups in total. The van der Waals surface area contributed by atoms with Gasteiger partial charge in [0.15, 0.2) is 16.5 Å². The van der Waals surface area contributed by atoms with E-state index in [1.54, 1.807) is 21.7 Å². The second kappa shape index (κ2) is 8.05. The van der Waals surface area contributed by atoms with E-state index in [0.717, 1.165) is 12.0 Å². The summed E-state index contributed by atoms with van der Waals surface area (Å²) in [5.41, 5.74) is 2.10. The fraction of sp³-hybridized carbons (Fsp3) is 0.455. The largest absolute Gasteiger partial charge is 0.391 e. The summed E-state index contributed by atoms with van der Waals surface area (Å²) in [4.78, 5) is 32.1. The molecule has 0 radical (unpaired) electrons. The van der Waals surface area contributed by atoms with Crippen LogP contribution in [0.15, 0.2) is 24.3 Å². The van der Waals surface area contributed by atoms with Crippen molar-refractivity contribution < 1.29 is 14.7 Å². The number of amides is 2. The third kappa shape index (κ3) is 4.33. The first-order chi connectivity index (χ1) is 14.6. The van der Waals surface area contributed by atoms with Crippen molar-refractivity contribution in [2.45, 2.75) is 52.2 Å². The van der Waals surface area contributed by atoms with Crippen LogP contribution >= 0.6 is 11.3 Å². The topological polar surface area (TPSA) is 100 Å². The number of hydrogen-bond acceptors (Lipinski definition) is 6. The van der Waals surface area contributed by atoms with Crippen LogP contribution in [-0.2, 0) is 5.54 Å². The van der Waals surface area contributed by atoms with Crippen molar-refractivity contribution in [2.24, 2.45) is 0 Å². The van der Waals surface area contributed by atoms with Crippen molar-refractivity contribution in [3.05, 3.63) is 41.1 Å². The summed E-state index contributed by atoms with van der Waals surface area (Å²) in [6.45, 7) is 8.83. The van der Waals surface area contributed by atoms with Gasteiger partial charge in [-0.1, -0.05) is 29.0 Å². The molecule has 0 aliphatic carbocycles. The van der Waals surface area contributed by atoms with Gasteiger partial charge in [-0.25, -0.2) is 4.68 Å². The average Bonchev–Trinajstić information content (AvgIpc) is 3.26. The molecule has 0 saturated carbocycles. The fourth-order valence-electron chi connectivity index (χ4n) is 3.63. The van der Waals surface area contributed by atoms with Gasteiger partial charge in [-0.05, 0) is 52.7 Å². The zero-order chi connectivity index (χ0) is 22.3. The summed E-state index contributed by atoms with van der Waals surface area (Å²) in [6, 6.07) is 7.31. The maximum Gasteiger partial charge on any atom is 0.276 e. The van der Waals surface area contributed by atoms with Gasteiger partial charge in [0.1, 0.15) is 4.70 Å². The Bertz CT molecular complexity index is 1130. The molecular weight excluding hydrogens is 414 g/mol. The molecular formula is C22H27N5O3S. The lowest BCUT2D eigenvalue weighted by Crippen LogP contribution is -2.42. The summed E-state index contributed by atoms with van der Waals surface area (Å²) in [7, 11) is 0. The average molecular weight is 442 g/mol. The number of aliphatic hydroxyl groups is 1. The summed E-state index contributed by atoms with van der Waals surface area (Å²) in [5, 5.41) is 17.8. The van der Waals surface area contributed by atoms with Gasteiger partial charge in [-0.3, -0.25) is 14.9 Å². The summed E-state index contributed by atoms with van der Waals surface area (Å²) >= 11 is 1.24. The molecule has 1 unspecified atom stereocenters. The van der Waals surface area contributed by atoms with Crippen molar-refractivity contribution in [3.63, 3.8) is 0 Å². The standard InChI is InChI=1S/C22H27N5O3S/c1-13-7-9-14(10-8-13)19(29)24-21-23-18-17(31-21)16(25-27(18)22(2,3)4)20(30)26-11-5-6-15(28)12-26/h7-10,15,28H,5-6,11-12H2,1-4H3,(H,23,24,29). The van der Waals surface area contributed by atoms with E-state index < -0.39 is 11.6 Å². The van der Waals surface area contributed by atoms with Crippen molar-refractivity contribution >= 4 is 38.6 Å². The highest BCUT2D eigenvalue weighted by Gasteiger charge is 2.31. The molecule has 8 nitrogen and oxygen atoms in total. The highest BCUT2D eigenvalue weighted by Crippen LogP contribution is 2.33. The van der Waals surface area contributed by atoms with Crippen molar-refractivity contribution in [3.8, 4) is 0 Å². The molecule has 1 aliphatic rings. The quantitative estimate of drug-likeness (QED) is 0.649. The van der Waals surface area contributed by atoms with Gasteiger partial charge in [-0.2, -0.15) is 10.1 Å². The number of β-amino-alcohol motifs (C(OH)–C–C–N with tert-alkyl or cyclic N) is 1. The lowest BCUT2D eigenvalue weighted by molar-refractivity contribution is 0.0469. The molecule has 2 amide bonds. The second-order valence-corrected chi connectivity index (χ2v) is 9.97. The molecule has 3 aromatic rings. The summed E-state index contributed by atoms with van der Waals surface area (Å²) in [5.74, 6) is -0.467. The number of carbonyl (C=O) groups is 2. The number of aromatic nitrogens is 3. The van der Waals surface area contributed by atoms with Crippen LogP contribution in [0.25, 0.3) is 10.3 Å². The van der Waals surface area contributed by atoms with Gasteiger partial charge in [0.05, 0.1) is 11.6 Å². The van der Waals surface area contributed by atoms with Crippen LogP contribution in [0.2, 0.25) is 0 Å². The molecule has 0 spiro atoms. The molecule has 9 heteroatoms. The SMILES string of the molecule is Cc1ccc(C(=O)Nc2nc3c(s2)c(C(=O)N2CCCC(O)C2)nn3C(C)(C)C)cc1. The van der Waals surface area contributed by atoms with Gasteiger partial charge in [0, 0.05) is 18.7 Å². The number of carbonyl (C=O) groups excluding carboxylic acids is 2. The zero-order valence-corrected chi connectivity index (χ0v) is 19.0. The number of nitrogens with one attached hydrogen (secondary N) is 1. The van der Waals surface area contributed by atoms with Gasteiger partial charge in [0.25, 0.3) is 11.8 Å². The Hall–Kier alpha value is -2.78. The zero-order valence-electron chi connectivity index (χ0n) is 18.2. The van der Waals surface area contributed by atoms with Crippen LogP contribution < -0.4 is 5.32 Å². The van der Waals surface area contributed by atoms with E-state index >= 15 is 0 Å². The highest BCUT2D eigenvalue weighted by molar-refractivity contribution is 7.22. The van der Waals surface area contributed by atoms with Crippen molar-refractivity contribution in [2.75, 3.05) is 18.4 Å². The molecule has 2 aromatic heterocycles. The molecule has 3 heterocycles. The van der Waals surface area contributed by atoms with Crippen LogP contribution in [0.4, 0.5) is 5.13 Å². The summed E-state index contributed by atoms with van der Waals surface area (Å²) in [6.07, 6.45) is 0.950. The molecule has 1 saturated heterocycles. The molecule has 1 fully saturated rings. The van der Waals surface area contributed by atoms with E-state index in [0.29, 0.717) is 46.2 Å². The minimum atomic E-state index is -0.510. The molecule has 1 atom stereocenters. The number of rotatable bonds is 3. The third-order valence-corrected chi connectivity index (χ3v) is 6.25. The Balaban J connectivity index is 1.69. The smallest absolute Gasteiger partial charge is 0.276 e. The minimum absolute atomic E-state index is 0.216. The van der Waals surface area contributed by atoms with Gasteiger partial charge < -0.3 is 10.0 Å². The van der Waals surface area contributed by atoms with Crippen LogP contribution in [0, 0.1) is 6.92 Å². The van der Waals surface area contributed by atoms with Crippen LogP contribution in [0.3, 0.4) is 0 Å². The van der Waals surface area contributed by atoms with Gasteiger partial charge >= 0.3 is 0 Å². The number of likely N-dealkylation sites (tertiary alicyclic amines) is 1. The number of thiazole rings is 1. The number of aryl methyl sites for hydroxylation is 1. The van der Waals surface area contributed by atoms with E-state index in [1.807, 2.05) is 39.8 Å². The number of fused-ring (bicyclic) bond motifs is 1. The lowest BCUT2D eigenvalue weighted by atomic mass is 10.1. The maximum atomic E-state index is 13.2. The summed E-state index contributed by atoms with van der Waals surface area (Å²) < 4.78 is 2.37. The molecule has 164 valence electrons. The number of aliphatic hydroxyl groups excluding tert-OH is 1. The number of nitrogens with zero attached hydrogens (tertiary/aromatic N) is 4. The molecule has 4 rings (SSSR count). The van der Waals surface area contributed by atoms with Crippen molar-refractivity contribution in [1.29, 1.82) is 0 Å². The molecule has 0 bridgehead atoms. The normalized spacial score (nSPS) is 17.2. The van der Waals surface area contributed by atoms with E-state index in [4.69, 9.17) is 0 Å². The third-order valence-electron chi connectivity index (χ3n) is 5.28. The van der Waals surface area contributed by atoms with E-state index in [-0.39, 0.29) is 11.8 Å². The molecule has 1 aromatic carbocycles. The van der Waals surface area contributed by atoms with Gasteiger partial charge in [-0.15, -0.1) is 0 Å². The van der Waals surface area contributed by atoms with E-state index in [9.17, 15) is 14.7 Å². The van der Waals surface area contributed by atoms with Crippen molar-refractivity contribution in [1.82, 2.24) is 19.7 Å². The van der Waals surface area contributed by atoms with Crippen LogP contribution in [-0.4, -0.2) is 55.8 Å². The first kappa shape index (κ1) is 21.5. The predicted octanol–water partition coefficient (Wildman–Crippen LogP) is 3.41. The number of piperidine rings is 1. The number of hydrogen-bond donors (Lipinski definition) is 2. The Labute approximate surface area is 184 Å². The van der Waals surface area contributed by atoms with Crippen LogP contribution in [0.5, 0.6) is 0 Å². The fourth-order valence-corrected chi connectivity index (χ4v) is 4.54. The lowest BCUT2D eigenvalue weighted by Gasteiger charge is -2.29. The van der Waals surface area contributed by atoms with Gasteiger partial charge in [0.2, 0.25) is 0 Å². The Kier molecular flexibility index (Phi) is 5.57. The Morgan fingerprint density at radius 3 is 2.58 bits per heavy atom. The van der Waals surface area contributed by atoms with Crippen LogP contribution in [0.1, 0.15) is 60.0 Å². The predicted molar refractivity (Wildman–Crippen MR) is 121 cm³/mol. The van der Waals surface area contributed by atoms with E-state index in [1.165, 1.54) is 11.3 Å². The second-order valence-electron chi connectivity index (χ2n) is 8.97. The monoisotopic (exact) mass is 441 g/mol. The highest BCUT2D eigenvalue weighted by atomic mass is 32.1.